The molecule has 2 aromatic rings. The van der Waals surface area contributed by atoms with Gasteiger partial charge in [-0.3, -0.25) is 4.79 Å². The van der Waals surface area contributed by atoms with Gasteiger partial charge >= 0.3 is 0 Å². The first-order valence-corrected chi connectivity index (χ1v) is 7.40. The van der Waals surface area contributed by atoms with Gasteiger partial charge in [0.25, 0.3) is 0 Å². The first kappa shape index (κ1) is 13.7. The highest BCUT2D eigenvalue weighted by Crippen LogP contribution is 2.53. The second-order valence-electron chi connectivity index (χ2n) is 5.32. The van der Waals surface area contributed by atoms with E-state index in [4.69, 9.17) is 23.2 Å². The number of nitrogens with one attached hydrogen (secondary N) is 1. The number of benzene rings is 2. The fourth-order valence-corrected chi connectivity index (χ4v) is 3.02. The predicted molar refractivity (Wildman–Crippen MR) is 83.0 cm³/mol. The molecule has 2 atom stereocenters. The molecule has 0 unspecified atom stereocenters. The summed E-state index contributed by atoms with van der Waals surface area (Å²) in [5.41, 5.74) is 1.10. The minimum atomic E-state index is -0.872. The number of halogens is 2. The van der Waals surface area contributed by atoms with Crippen LogP contribution >= 0.6 is 23.2 Å². The summed E-state index contributed by atoms with van der Waals surface area (Å²) < 4.78 is -0.872. The Hall–Kier alpha value is -1.25. The van der Waals surface area contributed by atoms with Crippen LogP contribution in [-0.2, 0) is 4.79 Å². The molecule has 0 aromatic heterocycles. The molecular formula is C16H15Cl2NO. The number of fused-ring (bicyclic) bond motifs is 1. The minimum Gasteiger partial charge on any atom is -0.349 e. The molecule has 2 nitrogen and oxygen atoms in total. The van der Waals surface area contributed by atoms with Gasteiger partial charge in [0.1, 0.15) is 4.33 Å². The van der Waals surface area contributed by atoms with Crippen molar-refractivity contribution >= 4 is 39.9 Å². The van der Waals surface area contributed by atoms with Crippen molar-refractivity contribution in [2.75, 3.05) is 0 Å². The van der Waals surface area contributed by atoms with Gasteiger partial charge in [0, 0.05) is 0 Å². The highest BCUT2D eigenvalue weighted by molar-refractivity contribution is 6.52. The molecule has 1 aliphatic rings. The zero-order valence-electron chi connectivity index (χ0n) is 11.1. The van der Waals surface area contributed by atoms with Crippen LogP contribution in [0, 0.1) is 5.92 Å². The molecule has 1 fully saturated rings. The highest BCUT2D eigenvalue weighted by atomic mass is 35.5. The van der Waals surface area contributed by atoms with Crippen LogP contribution in [0.15, 0.2) is 42.5 Å². The zero-order valence-corrected chi connectivity index (χ0v) is 12.6. The smallest absolute Gasteiger partial charge is 0.226 e. The van der Waals surface area contributed by atoms with Crippen molar-refractivity contribution in [3.8, 4) is 0 Å². The van der Waals surface area contributed by atoms with Crippen LogP contribution in [0.2, 0.25) is 0 Å². The average Bonchev–Trinajstić information content (AvgIpc) is 3.07. The summed E-state index contributed by atoms with van der Waals surface area (Å²) in [6.07, 6.45) is 0.532. The monoisotopic (exact) mass is 307 g/mol. The van der Waals surface area contributed by atoms with E-state index in [0.717, 1.165) is 10.9 Å². The summed E-state index contributed by atoms with van der Waals surface area (Å²) in [4.78, 5) is 12.1. The fourth-order valence-electron chi connectivity index (χ4n) is 2.52. The van der Waals surface area contributed by atoms with E-state index in [9.17, 15) is 4.79 Å². The molecule has 0 radical (unpaired) electrons. The number of rotatable bonds is 3. The Morgan fingerprint density at radius 3 is 2.60 bits per heavy atom. The molecule has 1 saturated carbocycles. The lowest BCUT2D eigenvalue weighted by atomic mass is 9.99. The van der Waals surface area contributed by atoms with E-state index < -0.39 is 4.33 Å². The van der Waals surface area contributed by atoms with E-state index in [1.807, 2.05) is 31.2 Å². The van der Waals surface area contributed by atoms with Gasteiger partial charge in [0.05, 0.1) is 12.0 Å². The Bertz CT molecular complexity index is 663. The van der Waals surface area contributed by atoms with Gasteiger partial charge in [0.2, 0.25) is 5.91 Å². The third-order valence-electron chi connectivity index (χ3n) is 3.79. The van der Waals surface area contributed by atoms with Crippen LogP contribution < -0.4 is 5.32 Å². The van der Waals surface area contributed by atoms with Crippen LogP contribution in [0.4, 0.5) is 0 Å². The third-order valence-corrected chi connectivity index (χ3v) is 4.63. The van der Waals surface area contributed by atoms with Crippen molar-refractivity contribution in [2.45, 2.75) is 23.7 Å². The van der Waals surface area contributed by atoms with Gasteiger partial charge in [-0.15, -0.1) is 23.2 Å². The van der Waals surface area contributed by atoms with Crippen LogP contribution in [0.5, 0.6) is 0 Å². The second-order valence-corrected chi connectivity index (χ2v) is 6.86. The molecule has 0 heterocycles. The molecule has 4 heteroatoms. The maximum Gasteiger partial charge on any atom is 0.226 e. The Kier molecular flexibility index (Phi) is 3.39. The minimum absolute atomic E-state index is 0.0710. The number of carbonyl (C=O) groups excluding carboxylic acids is 1. The number of hydrogen-bond acceptors (Lipinski definition) is 1. The van der Waals surface area contributed by atoms with E-state index in [2.05, 4.69) is 23.5 Å². The SMILES string of the molecule is C[C@H](NC(=O)[C@@H]1CC1(Cl)Cl)c1cccc2ccccc12. The average molecular weight is 308 g/mol. The molecule has 1 aliphatic carbocycles. The molecule has 0 bridgehead atoms. The molecule has 3 rings (SSSR count). The normalized spacial score (nSPS) is 21.4. The van der Waals surface area contributed by atoms with Crippen LogP contribution in [-0.4, -0.2) is 10.2 Å². The maximum atomic E-state index is 12.1. The largest absolute Gasteiger partial charge is 0.349 e. The Balaban J connectivity index is 1.82. The molecule has 104 valence electrons. The van der Waals surface area contributed by atoms with Crippen molar-refractivity contribution in [3.63, 3.8) is 0 Å². The predicted octanol–water partition coefficient (Wildman–Crippen LogP) is 4.21. The molecule has 0 aliphatic heterocycles. The van der Waals surface area contributed by atoms with Gasteiger partial charge in [-0.1, -0.05) is 42.5 Å². The van der Waals surface area contributed by atoms with Crippen molar-refractivity contribution in [1.82, 2.24) is 5.32 Å². The lowest BCUT2D eigenvalue weighted by Crippen LogP contribution is -2.29. The van der Waals surface area contributed by atoms with Crippen molar-refractivity contribution in [2.24, 2.45) is 5.92 Å². The van der Waals surface area contributed by atoms with E-state index in [1.54, 1.807) is 0 Å². The van der Waals surface area contributed by atoms with E-state index in [0.29, 0.717) is 6.42 Å². The van der Waals surface area contributed by atoms with Gasteiger partial charge < -0.3 is 5.32 Å². The Morgan fingerprint density at radius 2 is 1.90 bits per heavy atom. The summed E-state index contributed by atoms with van der Waals surface area (Å²) in [6, 6.07) is 14.2. The summed E-state index contributed by atoms with van der Waals surface area (Å²) in [5.74, 6) is -0.362. The first-order chi connectivity index (χ1) is 9.49. The van der Waals surface area contributed by atoms with Crippen molar-refractivity contribution in [1.29, 1.82) is 0 Å². The lowest BCUT2D eigenvalue weighted by Gasteiger charge is -2.16. The van der Waals surface area contributed by atoms with Crippen LogP contribution in [0.1, 0.15) is 24.9 Å². The molecule has 0 spiro atoms. The quantitative estimate of drug-likeness (QED) is 0.846. The number of hydrogen-bond donors (Lipinski definition) is 1. The molecule has 1 amide bonds. The summed E-state index contributed by atoms with van der Waals surface area (Å²) >= 11 is 11.9. The van der Waals surface area contributed by atoms with Crippen LogP contribution in [0.25, 0.3) is 10.8 Å². The molecule has 20 heavy (non-hydrogen) atoms. The van der Waals surface area contributed by atoms with E-state index >= 15 is 0 Å². The molecule has 1 N–H and O–H groups in total. The maximum absolute atomic E-state index is 12.1. The molecule has 2 aromatic carbocycles. The lowest BCUT2D eigenvalue weighted by molar-refractivity contribution is -0.122. The summed E-state index contributed by atoms with van der Waals surface area (Å²) in [6.45, 7) is 1.98. The fraction of sp³-hybridized carbons (Fsp3) is 0.312. The van der Waals surface area contributed by atoms with E-state index in [-0.39, 0.29) is 17.9 Å². The van der Waals surface area contributed by atoms with Gasteiger partial charge in [0.15, 0.2) is 0 Å². The Morgan fingerprint density at radius 1 is 1.25 bits per heavy atom. The van der Waals surface area contributed by atoms with Crippen molar-refractivity contribution in [3.05, 3.63) is 48.0 Å². The van der Waals surface area contributed by atoms with Gasteiger partial charge in [-0.2, -0.15) is 0 Å². The standard InChI is InChI=1S/C16H15Cl2NO/c1-10(19-15(20)14-9-16(14,17)18)12-8-4-6-11-5-2-3-7-13(11)12/h2-8,10,14H,9H2,1H3,(H,19,20)/t10-,14-/m0/s1. The molecular weight excluding hydrogens is 293 g/mol. The Labute approximate surface area is 128 Å². The van der Waals surface area contributed by atoms with Gasteiger partial charge in [-0.05, 0) is 29.7 Å². The van der Waals surface area contributed by atoms with E-state index in [1.165, 1.54) is 5.39 Å². The highest BCUT2D eigenvalue weighted by Gasteiger charge is 2.56. The number of amides is 1. The number of alkyl halides is 2. The first-order valence-electron chi connectivity index (χ1n) is 6.65. The summed E-state index contributed by atoms with van der Waals surface area (Å²) in [7, 11) is 0. The van der Waals surface area contributed by atoms with Crippen molar-refractivity contribution < 1.29 is 4.79 Å². The third kappa shape index (κ3) is 2.50. The van der Waals surface area contributed by atoms with Crippen LogP contribution in [0.3, 0.4) is 0 Å². The molecule has 0 saturated heterocycles. The van der Waals surface area contributed by atoms with Gasteiger partial charge in [-0.25, -0.2) is 0 Å². The second kappa shape index (κ2) is 4.94. The summed E-state index contributed by atoms with van der Waals surface area (Å²) in [5, 5.41) is 5.32. The topological polar surface area (TPSA) is 29.1 Å². The number of carbonyl (C=O) groups is 1. The zero-order chi connectivity index (χ0) is 14.3.